The summed E-state index contributed by atoms with van der Waals surface area (Å²) in [5.74, 6) is 0.137. The Morgan fingerprint density at radius 3 is 2.75 bits per heavy atom. The SMILES string of the molecule is CCc1c(C(=O)Nc2nc3ccc(OC)cc3s2)cnn1-c1ccc(F)cc1. The number of rotatable bonds is 5. The average Bonchev–Trinajstić information content (AvgIpc) is 3.31. The standard InChI is InChI=1S/C20H17FN4O2S/c1-3-17-15(11-22-25(17)13-6-4-12(21)5-7-13)19(26)24-20-23-16-9-8-14(27-2)10-18(16)28-20/h4-11H,3H2,1-2H3,(H,23,24,26). The first-order valence-corrected chi connectivity index (χ1v) is 9.49. The van der Waals surface area contributed by atoms with E-state index in [1.807, 2.05) is 25.1 Å². The van der Waals surface area contributed by atoms with E-state index < -0.39 is 0 Å². The summed E-state index contributed by atoms with van der Waals surface area (Å²) in [7, 11) is 1.61. The zero-order chi connectivity index (χ0) is 19.7. The Morgan fingerprint density at radius 2 is 2.04 bits per heavy atom. The molecule has 0 aliphatic heterocycles. The van der Waals surface area contributed by atoms with Gasteiger partial charge in [0.1, 0.15) is 11.6 Å². The van der Waals surface area contributed by atoms with Crippen LogP contribution in [0.3, 0.4) is 0 Å². The van der Waals surface area contributed by atoms with E-state index >= 15 is 0 Å². The highest BCUT2D eigenvalue weighted by atomic mass is 32.1. The van der Waals surface area contributed by atoms with Crippen LogP contribution in [0.25, 0.3) is 15.9 Å². The number of anilines is 1. The van der Waals surface area contributed by atoms with Crippen LogP contribution in [0.2, 0.25) is 0 Å². The lowest BCUT2D eigenvalue weighted by Crippen LogP contribution is -2.14. The fraction of sp³-hybridized carbons (Fsp3) is 0.150. The molecule has 2 heterocycles. The normalized spacial score (nSPS) is 11.0. The molecule has 2 aromatic carbocycles. The molecule has 0 atom stereocenters. The second kappa shape index (κ2) is 7.40. The molecule has 2 aromatic heterocycles. The smallest absolute Gasteiger partial charge is 0.260 e. The van der Waals surface area contributed by atoms with Gasteiger partial charge in [-0.3, -0.25) is 10.1 Å². The minimum atomic E-state index is -0.320. The Bertz CT molecular complexity index is 1150. The summed E-state index contributed by atoms with van der Waals surface area (Å²) in [5, 5.41) is 7.67. The number of ether oxygens (including phenoxy) is 1. The first-order valence-electron chi connectivity index (χ1n) is 8.68. The fourth-order valence-corrected chi connectivity index (χ4v) is 3.85. The largest absolute Gasteiger partial charge is 0.497 e. The molecule has 142 valence electrons. The van der Waals surface area contributed by atoms with Gasteiger partial charge in [0.25, 0.3) is 5.91 Å². The average molecular weight is 396 g/mol. The van der Waals surface area contributed by atoms with E-state index in [1.165, 1.54) is 29.7 Å². The maximum atomic E-state index is 13.2. The van der Waals surface area contributed by atoms with Crippen molar-refractivity contribution in [3.05, 3.63) is 65.7 Å². The molecule has 1 N–H and O–H groups in total. The topological polar surface area (TPSA) is 69.0 Å². The molecule has 0 saturated heterocycles. The molecule has 0 aliphatic rings. The van der Waals surface area contributed by atoms with E-state index in [2.05, 4.69) is 15.4 Å². The van der Waals surface area contributed by atoms with E-state index in [0.29, 0.717) is 22.8 Å². The number of aromatic nitrogens is 3. The van der Waals surface area contributed by atoms with Gasteiger partial charge in [0.15, 0.2) is 5.13 Å². The highest BCUT2D eigenvalue weighted by Gasteiger charge is 2.18. The number of halogens is 1. The van der Waals surface area contributed by atoms with Crippen LogP contribution in [0.4, 0.5) is 9.52 Å². The fourth-order valence-electron chi connectivity index (χ4n) is 2.96. The number of nitrogens with one attached hydrogen (secondary N) is 1. The number of carbonyl (C=O) groups excluding carboxylic acids is 1. The third-order valence-corrected chi connectivity index (χ3v) is 5.27. The number of thiazole rings is 1. The Balaban J connectivity index is 1.62. The highest BCUT2D eigenvalue weighted by Crippen LogP contribution is 2.29. The summed E-state index contributed by atoms with van der Waals surface area (Å²) < 4.78 is 21.0. The van der Waals surface area contributed by atoms with Crippen LogP contribution in [0.1, 0.15) is 23.0 Å². The van der Waals surface area contributed by atoms with Crippen molar-refractivity contribution in [2.24, 2.45) is 0 Å². The summed E-state index contributed by atoms with van der Waals surface area (Å²) in [4.78, 5) is 17.3. The number of hydrogen-bond donors (Lipinski definition) is 1. The van der Waals surface area contributed by atoms with Gasteiger partial charge in [-0.2, -0.15) is 5.10 Å². The molecule has 0 bridgehead atoms. The van der Waals surface area contributed by atoms with Crippen molar-refractivity contribution in [3.8, 4) is 11.4 Å². The molecule has 0 radical (unpaired) electrons. The van der Waals surface area contributed by atoms with Crippen LogP contribution >= 0.6 is 11.3 Å². The van der Waals surface area contributed by atoms with Crippen molar-refractivity contribution < 1.29 is 13.9 Å². The van der Waals surface area contributed by atoms with Crippen molar-refractivity contribution in [3.63, 3.8) is 0 Å². The van der Waals surface area contributed by atoms with Crippen LogP contribution < -0.4 is 10.1 Å². The number of benzene rings is 2. The van der Waals surface area contributed by atoms with Gasteiger partial charge in [-0.1, -0.05) is 18.3 Å². The molecule has 0 unspecified atom stereocenters. The number of fused-ring (bicyclic) bond motifs is 1. The van der Waals surface area contributed by atoms with Gasteiger partial charge < -0.3 is 4.74 Å². The van der Waals surface area contributed by atoms with Crippen molar-refractivity contribution in [1.82, 2.24) is 14.8 Å². The maximum absolute atomic E-state index is 13.2. The molecule has 4 rings (SSSR count). The monoisotopic (exact) mass is 396 g/mol. The van der Waals surface area contributed by atoms with Crippen LogP contribution in [0.5, 0.6) is 5.75 Å². The number of methoxy groups -OCH3 is 1. The zero-order valence-corrected chi connectivity index (χ0v) is 16.1. The minimum Gasteiger partial charge on any atom is -0.497 e. The molecule has 4 aromatic rings. The van der Waals surface area contributed by atoms with Crippen molar-refractivity contribution in [2.45, 2.75) is 13.3 Å². The van der Waals surface area contributed by atoms with E-state index in [4.69, 9.17) is 4.74 Å². The summed E-state index contributed by atoms with van der Waals surface area (Å²) in [6.07, 6.45) is 2.12. The molecular formula is C20H17FN4O2S. The number of amides is 1. The number of carbonyl (C=O) groups is 1. The Morgan fingerprint density at radius 1 is 1.25 bits per heavy atom. The summed E-state index contributed by atoms with van der Waals surface area (Å²) in [6.45, 7) is 1.94. The Kier molecular flexibility index (Phi) is 4.79. The molecule has 1 amide bonds. The van der Waals surface area contributed by atoms with Crippen molar-refractivity contribution >= 4 is 32.6 Å². The molecular weight excluding hydrogens is 379 g/mol. The van der Waals surface area contributed by atoms with Crippen LogP contribution in [0.15, 0.2) is 48.7 Å². The summed E-state index contributed by atoms with van der Waals surface area (Å²) in [5.41, 5.74) is 2.69. The van der Waals surface area contributed by atoms with Gasteiger partial charge in [0.2, 0.25) is 0 Å². The Hall–Kier alpha value is -3.26. The molecule has 0 spiro atoms. The van der Waals surface area contributed by atoms with Crippen molar-refractivity contribution in [1.29, 1.82) is 0 Å². The second-order valence-electron chi connectivity index (χ2n) is 6.05. The van der Waals surface area contributed by atoms with Crippen LogP contribution in [-0.2, 0) is 6.42 Å². The highest BCUT2D eigenvalue weighted by molar-refractivity contribution is 7.22. The molecule has 6 nitrogen and oxygen atoms in total. The lowest BCUT2D eigenvalue weighted by Gasteiger charge is -2.07. The maximum Gasteiger partial charge on any atom is 0.260 e. The molecule has 0 fully saturated rings. The first-order chi connectivity index (χ1) is 13.6. The lowest BCUT2D eigenvalue weighted by molar-refractivity contribution is 0.102. The van der Waals surface area contributed by atoms with E-state index in [-0.39, 0.29) is 11.7 Å². The van der Waals surface area contributed by atoms with Crippen LogP contribution in [-0.4, -0.2) is 27.8 Å². The zero-order valence-electron chi connectivity index (χ0n) is 15.3. The third-order valence-electron chi connectivity index (χ3n) is 4.34. The van der Waals surface area contributed by atoms with Gasteiger partial charge in [-0.25, -0.2) is 14.1 Å². The minimum absolute atomic E-state index is 0.281. The van der Waals surface area contributed by atoms with E-state index in [0.717, 1.165) is 21.7 Å². The lowest BCUT2D eigenvalue weighted by atomic mass is 10.2. The predicted octanol–water partition coefficient (Wildman–Crippen LogP) is 4.44. The molecule has 28 heavy (non-hydrogen) atoms. The number of nitrogens with zero attached hydrogens (tertiary/aromatic N) is 3. The Labute approximate surface area is 164 Å². The van der Waals surface area contributed by atoms with E-state index in [9.17, 15) is 9.18 Å². The van der Waals surface area contributed by atoms with Crippen LogP contribution in [0, 0.1) is 5.82 Å². The molecule has 0 saturated carbocycles. The second-order valence-corrected chi connectivity index (χ2v) is 7.08. The van der Waals surface area contributed by atoms with Crippen molar-refractivity contribution in [2.75, 3.05) is 12.4 Å². The van der Waals surface area contributed by atoms with E-state index in [1.54, 1.807) is 23.9 Å². The predicted molar refractivity (Wildman–Crippen MR) is 107 cm³/mol. The summed E-state index contributed by atoms with van der Waals surface area (Å²) >= 11 is 1.38. The summed E-state index contributed by atoms with van der Waals surface area (Å²) in [6, 6.07) is 11.6. The van der Waals surface area contributed by atoms with Gasteiger partial charge in [0, 0.05) is 0 Å². The van der Waals surface area contributed by atoms with Gasteiger partial charge in [-0.15, -0.1) is 0 Å². The van der Waals surface area contributed by atoms with Gasteiger partial charge >= 0.3 is 0 Å². The van der Waals surface area contributed by atoms with Gasteiger partial charge in [-0.05, 0) is 48.9 Å². The third kappa shape index (κ3) is 3.34. The molecule has 8 heteroatoms. The number of hydrogen-bond acceptors (Lipinski definition) is 5. The quantitative estimate of drug-likeness (QED) is 0.541. The van der Waals surface area contributed by atoms with Gasteiger partial charge in [0.05, 0.1) is 40.5 Å². The molecule has 0 aliphatic carbocycles. The first kappa shape index (κ1) is 18.1.